The number of methoxy groups -OCH3 is 2. The molecule has 2 rings (SSSR count). The van der Waals surface area contributed by atoms with Crippen molar-refractivity contribution >= 4 is 27.3 Å². The van der Waals surface area contributed by atoms with Gasteiger partial charge in [0.25, 0.3) is 0 Å². The second-order valence-electron chi connectivity index (χ2n) is 4.28. The third-order valence-corrected chi connectivity index (χ3v) is 5.33. The Balaban J connectivity index is 2.15. The molecule has 0 saturated carbocycles. The summed E-state index contributed by atoms with van der Waals surface area (Å²) in [6.07, 6.45) is 1.76. The average molecular weight is 357 g/mol. The van der Waals surface area contributed by atoms with Gasteiger partial charge in [-0.3, -0.25) is 0 Å². The van der Waals surface area contributed by atoms with Crippen LogP contribution in [0.3, 0.4) is 0 Å². The van der Waals surface area contributed by atoms with E-state index < -0.39 is 0 Å². The number of halogens is 1. The minimum absolute atomic E-state index is 0.291. The normalized spacial score (nSPS) is 12.2. The number of alkyl halides is 1. The maximum absolute atomic E-state index is 5.31. The summed E-state index contributed by atoms with van der Waals surface area (Å²) >= 11 is 5.24. The summed E-state index contributed by atoms with van der Waals surface area (Å²) < 4.78 is 10.5. The van der Waals surface area contributed by atoms with Gasteiger partial charge in [0.2, 0.25) is 0 Å². The molecule has 0 N–H and O–H groups in total. The zero-order chi connectivity index (χ0) is 14.5. The van der Waals surface area contributed by atoms with Crippen molar-refractivity contribution in [3.63, 3.8) is 0 Å². The molecule has 0 aliphatic heterocycles. The fraction of sp³-hybridized carbons (Fsp3) is 0.429. The largest absolute Gasteiger partial charge is 0.493 e. The summed E-state index contributed by atoms with van der Waals surface area (Å²) in [4.78, 5) is 0.291. The standard InChI is InChI=1S/C14H17BrN2O2S/c1-4-10(15)14-17-16-13(20-14)8-9-5-6-11(18-2)12(7-9)19-3/h5-7,10H,4,8H2,1-3H3. The van der Waals surface area contributed by atoms with E-state index in [1.54, 1.807) is 25.6 Å². The molecule has 4 nitrogen and oxygen atoms in total. The lowest BCUT2D eigenvalue weighted by atomic mass is 10.1. The zero-order valence-electron chi connectivity index (χ0n) is 11.7. The SMILES string of the molecule is CCC(Br)c1nnc(Cc2ccc(OC)c(OC)c2)s1. The second-order valence-corrected chi connectivity index (χ2v) is 6.47. The Hall–Kier alpha value is -1.14. The van der Waals surface area contributed by atoms with Crippen LogP contribution in [0, 0.1) is 0 Å². The molecule has 0 spiro atoms. The number of rotatable bonds is 6. The summed E-state index contributed by atoms with van der Waals surface area (Å²) in [5.74, 6) is 1.47. The molecule has 20 heavy (non-hydrogen) atoms. The van der Waals surface area contributed by atoms with Crippen molar-refractivity contribution in [2.24, 2.45) is 0 Å². The van der Waals surface area contributed by atoms with Crippen LogP contribution in [0.25, 0.3) is 0 Å². The Labute approximate surface area is 131 Å². The van der Waals surface area contributed by atoms with Crippen molar-refractivity contribution < 1.29 is 9.47 Å². The van der Waals surface area contributed by atoms with Gasteiger partial charge in [-0.2, -0.15) is 0 Å². The molecule has 1 aromatic carbocycles. The van der Waals surface area contributed by atoms with E-state index in [4.69, 9.17) is 9.47 Å². The van der Waals surface area contributed by atoms with Crippen LogP contribution in [-0.4, -0.2) is 24.4 Å². The number of aromatic nitrogens is 2. The van der Waals surface area contributed by atoms with E-state index in [-0.39, 0.29) is 0 Å². The van der Waals surface area contributed by atoms with Crippen LogP contribution >= 0.6 is 27.3 Å². The Morgan fingerprint density at radius 3 is 2.60 bits per heavy atom. The number of hydrogen-bond acceptors (Lipinski definition) is 5. The predicted octanol–water partition coefficient (Wildman–Crippen LogP) is 3.99. The van der Waals surface area contributed by atoms with Crippen molar-refractivity contribution in [1.29, 1.82) is 0 Å². The van der Waals surface area contributed by atoms with E-state index in [1.165, 1.54) is 0 Å². The third kappa shape index (κ3) is 3.49. The van der Waals surface area contributed by atoms with Crippen molar-refractivity contribution in [3.8, 4) is 11.5 Å². The summed E-state index contributed by atoms with van der Waals surface area (Å²) in [7, 11) is 3.27. The van der Waals surface area contributed by atoms with Crippen molar-refractivity contribution in [3.05, 3.63) is 33.8 Å². The predicted molar refractivity (Wildman–Crippen MR) is 84.2 cm³/mol. The van der Waals surface area contributed by atoms with Gasteiger partial charge in [-0.1, -0.05) is 40.3 Å². The molecule has 0 aliphatic carbocycles. The van der Waals surface area contributed by atoms with E-state index in [9.17, 15) is 0 Å². The van der Waals surface area contributed by atoms with Gasteiger partial charge >= 0.3 is 0 Å². The molecular weight excluding hydrogens is 340 g/mol. The number of nitrogens with zero attached hydrogens (tertiary/aromatic N) is 2. The lowest BCUT2D eigenvalue weighted by molar-refractivity contribution is 0.354. The van der Waals surface area contributed by atoms with Gasteiger partial charge in [0.05, 0.1) is 19.0 Å². The van der Waals surface area contributed by atoms with Gasteiger partial charge in [0.1, 0.15) is 10.0 Å². The topological polar surface area (TPSA) is 44.2 Å². The van der Waals surface area contributed by atoms with E-state index in [1.807, 2.05) is 18.2 Å². The number of benzene rings is 1. The van der Waals surface area contributed by atoms with Crippen LogP contribution in [0.2, 0.25) is 0 Å². The fourth-order valence-electron chi connectivity index (χ4n) is 1.80. The highest BCUT2D eigenvalue weighted by atomic mass is 79.9. The Bertz CT molecular complexity index is 574. The molecule has 0 radical (unpaired) electrons. The molecule has 6 heteroatoms. The van der Waals surface area contributed by atoms with Crippen LogP contribution in [-0.2, 0) is 6.42 Å². The smallest absolute Gasteiger partial charge is 0.160 e. The summed E-state index contributed by atoms with van der Waals surface area (Å²) in [5, 5.41) is 10.5. The van der Waals surface area contributed by atoms with Crippen molar-refractivity contribution in [2.45, 2.75) is 24.6 Å². The van der Waals surface area contributed by atoms with Gasteiger partial charge in [-0.15, -0.1) is 10.2 Å². The first-order chi connectivity index (χ1) is 9.67. The Morgan fingerprint density at radius 2 is 1.95 bits per heavy atom. The van der Waals surface area contributed by atoms with Gasteiger partial charge < -0.3 is 9.47 Å². The quantitative estimate of drug-likeness (QED) is 0.734. The Morgan fingerprint density at radius 1 is 1.20 bits per heavy atom. The van der Waals surface area contributed by atoms with Crippen LogP contribution in [0.15, 0.2) is 18.2 Å². The first kappa shape index (κ1) is 15.3. The molecule has 1 atom stereocenters. The summed E-state index contributed by atoms with van der Waals surface area (Å²) in [5.41, 5.74) is 1.13. The molecule has 0 aliphatic rings. The summed E-state index contributed by atoms with van der Waals surface area (Å²) in [6.45, 7) is 2.12. The minimum atomic E-state index is 0.291. The highest BCUT2D eigenvalue weighted by molar-refractivity contribution is 9.09. The number of hydrogen-bond donors (Lipinski definition) is 0. The maximum Gasteiger partial charge on any atom is 0.160 e. The van der Waals surface area contributed by atoms with Crippen LogP contribution in [0.4, 0.5) is 0 Å². The maximum atomic E-state index is 5.31. The lowest BCUT2D eigenvalue weighted by Crippen LogP contribution is -1.93. The molecule has 2 aromatic rings. The monoisotopic (exact) mass is 356 g/mol. The first-order valence-corrected chi connectivity index (χ1v) is 8.08. The van der Waals surface area contributed by atoms with E-state index in [0.29, 0.717) is 4.83 Å². The first-order valence-electron chi connectivity index (χ1n) is 6.35. The van der Waals surface area contributed by atoms with E-state index >= 15 is 0 Å². The minimum Gasteiger partial charge on any atom is -0.493 e. The van der Waals surface area contributed by atoms with Crippen molar-refractivity contribution in [1.82, 2.24) is 10.2 Å². The lowest BCUT2D eigenvalue weighted by Gasteiger charge is -2.08. The average Bonchev–Trinajstić information content (AvgIpc) is 2.94. The molecular formula is C14H17BrN2O2S. The highest BCUT2D eigenvalue weighted by Gasteiger charge is 2.13. The van der Waals surface area contributed by atoms with E-state index in [0.717, 1.165) is 39.9 Å². The molecule has 0 bridgehead atoms. The van der Waals surface area contributed by atoms with Gasteiger partial charge in [0, 0.05) is 6.42 Å². The zero-order valence-corrected chi connectivity index (χ0v) is 14.1. The molecule has 0 amide bonds. The fourth-order valence-corrected chi connectivity index (χ4v) is 3.11. The molecule has 1 heterocycles. The molecule has 1 aromatic heterocycles. The van der Waals surface area contributed by atoms with Crippen LogP contribution < -0.4 is 9.47 Å². The molecule has 1 unspecified atom stereocenters. The molecule has 108 valence electrons. The summed E-state index contributed by atoms with van der Waals surface area (Å²) in [6, 6.07) is 5.91. The Kier molecular flexibility index (Phi) is 5.37. The van der Waals surface area contributed by atoms with Gasteiger partial charge in [-0.25, -0.2) is 0 Å². The van der Waals surface area contributed by atoms with Gasteiger partial charge in [0.15, 0.2) is 11.5 Å². The van der Waals surface area contributed by atoms with Crippen LogP contribution in [0.1, 0.15) is 33.8 Å². The van der Waals surface area contributed by atoms with Crippen molar-refractivity contribution in [2.75, 3.05) is 14.2 Å². The third-order valence-electron chi connectivity index (χ3n) is 2.91. The van der Waals surface area contributed by atoms with E-state index in [2.05, 4.69) is 33.1 Å². The number of ether oxygens (including phenoxy) is 2. The molecule has 0 fully saturated rings. The second kappa shape index (κ2) is 7.04. The van der Waals surface area contributed by atoms with Gasteiger partial charge in [-0.05, 0) is 24.1 Å². The van der Waals surface area contributed by atoms with Crippen LogP contribution in [0.5, 0.6) is 11.5 Å². The highest BCUT2D eigenvalue weighted by Crippen LogP contribution is 2.31. The molecule has 0 saturated heterocycles.